The Morgan fingerprint density at radius 2 is 1.81 bits per heavy atom. The molecule has 1 heterocycles. The summed E-state index contributed by atoms with van der Waals surface area (Å²) in [4.78, 5) is 24.9. The van der Waals surface area contributed by atoms with E-state index in [0.29, 0.717) is 19.0 Å². The minimum Gasteiger partial charge on any atom is -0.469 e. The number of benzene rings is 1. The van der Waals surface area contributed by atoms with Crippen molar-refractivity contribution in [3.05, 3.63) is 57.9 Å². The molecule has 1 fully saturated rings. The lowest BCUT2D eigenvalue weighted by atomic mass is 9.82. The van der Waals surface area contributed by atoms with Gasteiger partial charge in [0, 0.05) is 23.8 Å². The van der Waals surface area contributed by atoms with Crippen LogP contribution in [0.25, 0.3) is 0 Å². The fourth-order valence-corrected chi connectivity index (χ4v) is 5.13. The highest BCUT2D eigenvalue weighted by Crippen LogP contribution is 2.30. The minimum absolute atomic E-state index is 0.00143. The van der Waals surface area contributed by atoms with Gasteiger partial charge in [-0.05, 0) is 86.6 Å². The maximum atomic E-state index is 13.2. The minimum atomic E-state index is -0.104. The molecule has 1 saturated carbocycles. The second-order valence-corrected chi connectivity index (χ2v) is 9.31. The van der Waals surface area contributed by atoms with Crippen LogP contribution in [0.3, 0.4) is 0 Å². The van der Waals surface area contributed by atoms with E-state index in [9.17, 15) is 9.59 Å². The summed E-state index contributed by atoms with van der Waals surface area (Å²) in [6.45, 7) is 1.34. The van der Waals surface area contributed by atoms with Gasteiger partial charge in [0.2, 0.25) is 0 Å². The van der Waals surface area contributed by atoms with Gasteiger partial charge in [0.15, 0.2) is 0 Å². The van der Waals surface area contributed by atoms with Crippen molar-refractivity contribution >= 4 is 23.5 Å². The Hall–Kier alpha value is -2.27. The van der Waals surface area contributed by atoms with Crippen molar-refractivity contribution in [1.29, 1.82) is 0 Å². The summed E-state index contributed by atoms with van der Waals surface area (Å²) in [5.74, 6) is 0.325. The van der Waals surface area contributed by atoms with Gasteiger partial charge in [-0.25, -0.2) is 0 Å². The van der Waals surface area contributed by atoms with Crippen LogP contribution in [0, 0.1) is 11.8 Å². The Balaban J connectivity index is 1.43. The third kappa shape index (κ3) is 5.15. The van der Waals surface area contributed by atoms with Gasteiger partial charge >= 0.3 is 5.97 Å². The van der Waals surface area contributed by atoms with E-state index < -0.39 is 0 Å². The Morgan fingerprint density at radius 1 is 1.10 bits per heavy atom. The van der Waals surface area contributed by atoms with Gasteiger partial charge in [0.25, 0.3) is 5.91 Å². The summed E-state index contributed by atoms with van der Waals surface area (Å²) < 4.78 is 7.07. The molecule has 5 nitrogen and oxygen atoms in total. The fraction of sp³-hybridized carbons (Fsp3) is 0.520. The number of rotatable bonds is 6. The number of esters is 1. The summed E-state index contributed by atoms with van der Waals surface area (Å²) in [6, 6.07) is 9.94. The lowest BCUT2D eigenvalue weighted by Crippen LogP contribution is -2.33. The molecule has 2 aliphatic rings. The van der Waals surface area contributed by atoms with Crippen LogP contribution in [0.1, 0.15) is 65.8 Å². The monoisotopic (exact) mass is 442 g/mol. The zero-order valence-corrected chi connectivity index (χ0v) is 18.9. The standard InChI is InChI=1S/C25H31ClN2O3/c1-31-25(30)19-10-6-17(7-11-19)15-27-24(29)23-14-20-4-2-3-5-22(20)28(23)16-18-8-12-21(26)13-9-18/h8-9,12-14,17,19H,2-7,10-11,15-16H2,1H3,(H,27,29)/t17-,19-. The zero-order chi connectivity index (χ0) is 21.8. The molecule has 0 aliphatic heterocycles. The lowest BCUT2D eigenvalue weighted by molar-refractivity contribution is -0.146. The highest BCUT2D eigenvalue weighted by atomic mass is 35.5. The van der Waals surface area contributed by atoms with Crippen molar-refractivity contribution in [1.82, 2.24) is 9.88 Å². The number of hydrogen-bond acceptors (Lipinski definition) is 3. The van der Waals surface area contributed by atoms with Gasteiger partial charge in [-0.2, -0.15) is 0 Å². The smallest absolute Gasteiger partial charge is 0.308 e. The molecular weight excluding hydrogens is 412 g/mol. The predicted molar refractivity (Wildman–Crippen MR) is 121 cm³/mol. The molecule has 6 heteroatoms. The van der Waals surface area contributed by atoms with Gasteiger partial charge < -0.3 is 14.6 Å². The van der Waals surface area contributed by atoms with Gasteiger partial charge in [-0.15, -0.1) is 0 Å². The number of aryl methyl sites for hydroxylation is 1. The molecular formula is C25H31ClN2O3. The molecule has 1 amide bonds. The molecule has 4 rings (SSSR count). The molecule has 1 aromatic carbocycles. The molecule has 166 valence electrons. The van der Waals surface area contributed by atoms with E-state index in [0.717, 1.165) is 54.8 Å². The molecule has 31 heavy (non-hydrogen) atoms. The van der Waals surface area contributed by atoms with E-state index in [-0.39, 0.29) is 17.8 Å². The number of methoxy groups -OCH3 is 1. The first-order valence-electron chi connectivity index (χ1n) is 11.4. The van der Waals surface area contributed by atoms with Crippen LogP contribution in [0.15, 0.2) is 30.3 Å². The maximum Gasteiger partial charge on any atom is 0.308 e. The third-order valence-corrected chi connectivity index (χ3v) is 7.08. The number of ether oxygens (including phenoxy) is 1. The Labute approximate surface area is 189 Å². The molecule has 2 aromatic rings. The van der Waals surface area contributed by atoms with Crippen LogP contribution in [0.4, 0.5) is 0 Å². The fourth-order valence-electron chi connectivity index (χ4n) is 5.00. The van der Waals surface area contributed by atoms with Crippen LogP contribution >= 0.6 is 11.6 Å². The first-order chi connectivity index (χ1) is 15.0. The number of hydrogen-bond donors (Lipinski definition) is 1. The lowest BCUT2D eigenvalue weighted by Gasteiger charge is -2.27. The molecule has 0 atom stereocenters. The number of carbonyl (C=O) groups excluding carboxylic acids is 2. The normalized spacial score (nSPS) is 20.7. The Bertz CT molecular complexity index is 927. The summed E-state index contributed by atoms with van der Waals surface area (Å²) in [5, 5.41) is 3.89. The summed E-state index contributed by atoms with van der Waals surface area (Å²) >= 11 is 6.04. The van der Waals surface area contributed by atoms with Crippen LogP contribution in [-0.4, -0.2) is 30.1 Å². The van der Waals surface area contributed by atoms with Crippen molar-refractivity contribution in [2.45, 2.75) is 57.9 Å². The second-order valence-electron chi connectivity index (χ2n) is 8.87. The van der Waals surface area contributed by atoms with E-state index >= 15 is 0 Å². The van der Waals surface area contributed by atoms with Crippen molar-refractivity contribution in [3.63, 3.8) is 0 Å². The van der Waals surface area contributed by atoms with Gasteiger partial charge in [0.1, 0.15) is 5.69 Å². The van der Waals surface area contributed by atoms with Crippen LogP contribution in [0.2, 0.25) is 5.02 Å². The van der Waals surface area contributed by atoms with Gasteiger partial charge in [0.05, 0.1) is 13.0 Å². The topological polar surface area (TPSA) is 60.3 Å². The number of nitrogens with zero attached hydrogens (tertiary/aromatic N) is 1. The number of aromatic nitrogens is 1. The van der Waals surface area contributed by atoms with Crippen LogP contribution < -0.4 is 5.32 Å². The zero-order valence-electron chi connectivity index (χ0n) is 18.2. The van der Waals surface area contributed by atoms with Crippen molar-refractivity contribution in [2.24, 2.45) is 11.8 Å². The van der Waals surface area contributed by atoms with Gasteiger partial charge in [-0.1, -0.05) is 23.7 Å². The predicted octanol–water partition coefficient (Wildman–Crippen LogP) is 4.78. The Kier molecular flexibility index (Phi) is 7.01. The highest BCUT2D eigenvalue weighted by molar-refractivity contribution is 6.30. The molecule has 2 aliphatic carbocycles. The maximum absolute atomic E-state index is 13.2. The molecule has 0 bridgehead atoms. The van der Waals surface area contributed by atoms with Crippen molar-refractivity contribution < 1.29 is 14.3 Å². The first kappa shape index (κ1) is 21.9. The molecule has 0 radical (unpaired) electrons. The highest BCUT2D eigenvalue weighted by Gasteiger charge is 2.28. The molecule has 1 N–H and O–H groups in total. The molecule has 0 saturated heterocycles. The summed E-state index contributed by atoms with van der Waals surface area (Å²) in [5.41, 5.74) is 4.50. The SMILES string of the molecule is COC(=O)[C@H]1CC[C@H](CNC(=O)c2cc3c(n2Cc2ccc(Cl)cc2)CCCC3)CC1. The quantitative estimate of drug-likeness (QED) is 0.655. The average Bonchev–Trinajstić information content (AvgIpc) is 3.17. The summed E-state index contributed by atoms with van der Waals surface area (Å²) in [6.07, 6.45) is 7.99. The van der Waals surface area contributed by atoms with E-state index in [1.807, 2.05) is 24.3 Å². The number of carbonyl (C=O) groups is 2. The Morgan fingerprint density at radius 3 is 2.52 bits per heavy atom. The molecule has 1 aromatic heterocycles. The molecule has 0 spiro atoms. The van der Waals surface area contributed by atoms with E-state index in [1.54, 1.807) is 0 Å². The van der Waals surface area contributed by atoms with Gasteiger partial charge in [-0.3, -0.25) is 9.59 Å². The van der Waals surface area contributed by atoms with Crippen molar-refractivity contribution in [2.75, 3.05) is 13.7 Å². The van der Waals surface area contributed by atoms with Crippen LogP contribution in [-0.2, 0) is 28.9 Å². The van der Waals surface area contributed by atoms with E-state index in [1.165, 1.54) is 31.2 Å². The molecule has 0 unspecified atom stereocenters. The van der Waals surface area contributed by atoms with E-state index in [4.69, 9.17) is 16.3 Å². The number of fused-ring (bicyclic) bond motifs is 1. The number of halogens is 1. The average molecular weight is 443 g/mol. The van der Waals surface area contributed by atoms with E-state index in [2.05, 4.69) is 16.0 Å². The number of amides is 1. The second kappa shape index (κ2) is 9.90. The van der Waals surface area contributed by atoms with Crippen molar-refractivity contribution in [3.8, 4) is 0 Å². The van der Waals surface area contributed by atoms with Crippen LogP contribution in [0.5, 0.6) is 0 Å². The largest absolute Gasteiger partial charge is 0.469 e. The summed E-state index contributed by atoms with van der Waals surface area (Å²) in [7, 11) is 1.45. The third-order valence-electron chi connectivity index (χ3n) is 6.83. The first-order valence-corrected chi connectivity index (χ1v) is 11.7. The number of nitrogens with one attached hydrogen (secondary N) is 1.